The molecule has 0 amide bonds. The lowest BCUT2D eigenvalue weighted by atomic mass is 10.0. The largest absolute Gasteiger partial charge is 0.372 e. The summed E-state index contributed by atoms with van der Waals surface area (Å²) in [6.45, 7) is 1.57. The van der Waals surface area contributed by atoms with Gasteiger partial charge >= 0.3 is 0 Å². The molecule has 1 aromatic heterocycles. The van der Waals surface area contributed by atoms with Crippen molar-refractivity contribution in [3.63, 3.8) is 0 Å². The predicted octanol–water partition coefficient (Wildman–Crippen LogP) is 1.18. The molecule has 22 heavy (non-hydrogen) atoms. The lowest BCUT2D eigenvalue weighted by Crippen LogP contribution is -2.45. The van der Waals surface area contributed by atoms with Crippen molar-refractivity contribution >= 4 is 10.0 Å². The minimum Gasteiger partial charge on any atom is -0.372 e. The number of sulfonamides is 1. The zero-order valence-corrected chi connectivity index (χ0v) is 13.5. The van der Waals surface area contributed by atoms with Crippen LogP contribution >= 0.6 is 0 Å². The number of aromatic nitrogens is 1. The maximum Gasteiger partial charge on any atom is 0.211 e. The van der Waals surface area contributed by atoms with Crippen LogP contribution in [0, 0.1) is 0 Å². The standard InChI is InChI=1S/C15H22N2O4S/c1-22(18,19)17-9-7-15-14(17)6-5-13(21-15)11-20-10-12-4-2-3-8-16-12/h2-4,8,13-15H,5-7,9-11H2,1H3/t13-,14?,15?/m0/s1. The van der Waals surface area contributed by atoms with Crippen molar-refractivity contribution in [2.45, 2.75) is 44.1 Å². The molecule has 2 saturated heterocycles. The van der Waals surface area contributed by atoms with Crippen LogP contribution in [0.15, 0.2) is 24.4 Å². The summed E-state index contributed by atoms with van der Waals surface area (Å²) in [6.07, 6.45) is 5.52. The first-order valence-electron chi connectivity index (χ1n) is 7.64. The molecule has 2 unspecified atom stereocenters. The average molecular weight is 326 g/mol. The molecule has 0 bridgehead atoms. The summed E-state index contributed by atoms with van der Waals surface area (Å²) in [5.41, 5.74) is 0.903. The monoisotopic (exact) mass is 326 g/mol. The molecule has 122 valence electrons. The molecule has 3 rings (SSSR count). The maximum atomic E-state index is 11.7. The number of hydrogen-bond donors (Lipinski definition) is 0. The molecule has 0 radical (unpaired) electrons. The van der Waals surface area contributed by atoms with E-state index in [-0.39, 0.29) is 18.2 Å². The third-order valence-corrected chi connectivity index (χ3v) is 5.60. The van der Waals surface area contributed by atoms with E-state index in [1.165, 1.54) is 6.26 Å². The Morgan fingerprint density at radius 2 is 2.23 bits per heavy atom. The van der Waals surface area contributed by atoms with Crippen LogP contribution in [0.4, 0.5) is 0 Å². The molecule has 7 heteroatoms. The van der Waals surface area contributed by atoms with Crippen LogP contribution in [0.2, 0.25) is 0 Å². The Labute approximate surface area is 131 Å². The average Bonchev–Trinajstić information content (AvgIpc) is 2.91. The van der Waals surface area contributed by atoms with Crippen LogP contribution < -0.4 is 0 Å². The van der Waals surface area contributed by atoms with Gasteiger partial charge in [0.2, 0.25) is 10.0 Å². The summed E-state index contributed by atoms with van der Waals surface area (Å²) in [5, 5.41) is 0. The molecule has 1 aromatic rings. The van der Waals surface area contributed by atoms with E-state index in [9.17, 15) is 8.42 Å². The second-order valence-corrected chi connectivity index (χ2v) is 7.87. The van der Waals surface area contributed by atoms with E-state index in [1.807, 2.05) is 18.2 Å². The van der Waals surface area contributed by atoms with Gasteiger partial charge in [0, 0.05) is 12.7 Å². The summed E-state index contributed by atoms with van der Waals surface area (Å²) in [7, 11) is -3.13. The fourth-order valence-corrected chi connectivity index (χ4v) is 4.44. The van der Waals surface area contributed by atoms with Crippen LogP contribution in [-0.2, 0) is 26.1 Å². The fraction of sp³-hybridized carbons (Fsp3) is 0.667. The highest BCUT2D eigenvalue weighted by atomic mass is 32.2. The highest BCUT2D eigenvalue weighted by Gasteiger charge is 2.43. The first-order chi connectivity index (χ1) is 10.5. The molecular formula is C15H22N2O4S. The zero-order valence-electron chi connectivity index (χ0n) is 12.7. The molecule has 0 saturated carbocycles. The number of hydrogen-bond acceptors (Lipinski definition) is 5. The van der Waals surface area contributed by atoms with E-state index < -0.39 is 10.0 Å². The number of fused-ring (bicyclic) bond motifs is 1. The fourth-order valence-electron chi connectivity index (χ4n) is 3.27. The summed E-state index contributed by atoms with van der Waals surface area (Å²) in [4.78, 5) is 4.21. The van der Waals surface area contributed by atoms with E-state index in [1.54, 1.807) is 10.5 Å². The summed E-state index contributed by atoms with van der Waals surface area (Å²) < 4.78 is 36.8. The van der Waals surface area contributed by atoms with Gasteiger partial charge in [-0.15, -0.1) is 0 Å². The lowest BCUT2D eigenvalue weighted by Gasteiger charge is -2.35. The molecule has 0 spiro atoms. The van der Waals surface area contributed by atoms with Crippen molar-refractivity contribution < 1.29 is 17.9 Å². The van der Waals surface area contributed by atoms with Crippen molar-refractivity contribution in [1.29, 1.82) is 0 Å². The van der Waals surface area contributed by atoms with E-state index in [4.69, 9.17) is 9.47 Å². The van der Waals surface area contributed by atoms with Crippen LogP contribution in [0.1, 0.15) is 25.0 Å². The van der Waals surface area contributed by atoms with Gasteiger partial charge in [0.05, 0.1) is 43.4 Å². The Kier molecular flexibility index (Phi) is 4.77. The van der Waals surface area contributed by atoms with Gasteiger partial charge in [0.25, 0.3) is 0 Å². The Morgan fingerprint density at radius 3 is 2.95 bits per heavy atom. The van der Waals surface area contributed by atoms with Crippen LogP contribution in [-0.4, -0.2) is 55.4 Å². The molecule has 6 nitrogen and oxygen atoms in total. The van der Waals surface area contributed by atoms with Crippen molar-refractivity contribution in [3.8, 4) is 0 Å². The first kappa shape index (κ1) is 15.9. The highest BCUT2D eigenvalue weighted by molar-refractivity contribution is 7.88. The van der Waals surface area contributed by atoms with E-state index >= 15 is 0 Å². The quantitative estimate of drug-likeness (QED) is 0.813. The summed E-state index contributed by atoms with van der Waals surface area (Å²) in [5.74, 6) is 0. The van der Waals surface area contributed by atoms with Gasteiger partial charge in [0.1, 0.15) is 0 Å². The van der Waals surface area contributed by atoms with E-state index in [0.29, 0.717) is 19.8 Å². The van der Waals surface area contributed by atoms with Gasteiger partial charge < -0.3 is 9.47 Å². The molecule has 2 aliphatic rings. The summed E-state index contributed by atoms with van der Waals surface area (Å²) >= 11 is 0. The number of ether oxygens (including phenoxy) is 2. The predicted molar refractivity (Wildman–Crippen MR) is 81.7 cm³/mol. The number of nitrogens with zero attached hydrogens (tertiary/aromatic N) is 2. The third kappa shape index (κ3) is 3.65. The number of pyridine rings is 1. The van der Waals surface area contributed by atoms with Crippen LogP contribution in [0.25, 0.3) is 0 Å². The van der Waals surface area contributed by atoms with Gasteiger partial charge in [0.15, 0.2) is 0 Å². The molecular weight excluding hydrogens is 304 g/mol. The van der Waals surface area contributed by atoms with Gasteiger partial charge in [-0.25, -0.2) is 8.42 Å². The minimum absolute atomic E-state index is 0.00189. The Hall–Kier alpha value is -1.02. The van der Waals surface area contributed by atoms with Crippen LogP contribution in [0.5, 0.6) is 0 Å². The smallest absolute Gasteiger partial charge is 0.211 e. The molecule has 3 heterocycles. The highest BCUT2D eigenvalue weighted by Crippen LogP contribution is 2.32. The third-order valence-electron chi connectivity index (χ3n) is 4.29. The SMILES string of the molecule is CS(=O)(=O)N1CCC2O[C@H](COCc3ccccn3)CCC21. The minimum atomic E-state index is -3.13. The molecule has 3 atom stereocenters. The van der Waals surface area contributed by atoms with Crippen LogP contribution in [0.3, 0.4) is 0 Å². The van der Waals surface area contributed by atoms with Crippen molar-refractivity contribution in [1.82, 2.24) is 9.29 Å². The normalized spacial score (nSPS) is 29.4. The van der Waals surface area contributed by atoms with Crippen molar-refractivity contribution in [2.75, 3.05) is 19.4 Å². The zero-order chi connectivity index (χ0) is 15.6. The second kappa shape index (κ2) is 6.62. The molecule has 2 aliphatic heterocycles. The molecule has 0 aromatic carbocycles. The van der Waals surface area contributed by atoms with Gasteiger partial charge in [-0.05, 0) is 31.4 Å². The van der Waals surface area contributed by atoms with Gasteiger partial charge in [-0.3, -0.25) is 4.98 Å². The Balaban J connectivity index is 1.47. The Morgan fingerprint density at radius 1 is 1.36 bits per heavy atom. The molecule has 0 N–H and O–H groups in total. The van der Waals surface area contributed by atoms with E-state index in [2.05, 4.69) is 4.98 Å². The van der Waals surface area contributed by atoms with E-state index in [0.717, 1.165) is 25.0 Å². The van der Waals surface area contributed by atoms with Crippen molar-refractivity contribution in [2.24, 2.45) is 0 Å². The summed E-state index contributed by atoms with van der Waals surface area (Å²) in [6, 6.07) is 5.74. The van der Waals surface area contributed by atoms with Gasteiger partial charge in [-0.2, -0.15) is 4.31 Å². The molecule has 2 fully saturated rings. The number of rotatable bonds is 5. The lowest BCUT2D eigenvalue weighted by molar-refractivity contribution is -0.0963. The van der Waals surface area contributed by atoms with Crippen molar-refractivity contribution in [3.05, 3.63) is 30.1 Å². The Bertz CT molecular complexity index is 593. The first-order valence-corrected chi connectivity index (χ1v) is 9.49. The topological polar surface area (TPSA) is 68.7 Å². The molecule has 0 aliphatic carbocycles. The second-order valence-electron chi connectivity index (χ2n) is 5.94. The maximum absolute atomic E-state index is 11.7. The van der Waals surface area contributed by atoms with Gasteiger partial charge in [-0.1, -0.05) is 6.07 Å².